The lowest BCUT2D eigenvalue weighted by Gasteiger charge is -2.11. The van der Waals surface area contributed by atoms with Crippen molar-refractivity contribution in [1.29, 1.82) is 0 Å². The molecule has 1 unspecified atom stereocenters. The standard InChI is InChI=1S/C10H11ClO3/c1-8(14-7-12)6-13-10-5-3-2-4-9(10)11/h2-5,7-8H,6H2,1H3. The van der Waals surface area contributed by atoms with Crippen molar-refractivity contribution in [3.8, 4) is 5.75 Å². The summed E-state index contributed by atoms with van der Waals surface area (Å²) in [6, 6.07) is 7.14. The minimum absolute atomic E-state index is 0.274. The van der Waals surface area contributed by atoms with Gasteiger partial charge in [0.25, 0.3) is 6.47 Å². The van der Waals surface area contributed by atoms with Gasteiger partial charge in [-0.3, -0.25) is 4.79 Å². The van der Waals surface area contributed by atoms with E-state index in [9.17, 15) is 4.79 Å². The van der Waals surface area contributed by atoms with Crippen molar-refractivity contribution in [1.82, 2.24) is 0 Å². The van der Waals surface area contributed by atoms with Crippen molar-refractivity contribution in [2.45, 2.75) is 13.0 Å². The van der Waals surface area contributed by atoms with Gasteiger partial charge in [0.1, 0.15) is 18.5 Å². The van der Waals surface area contributed by atoms with E-state index in [0.717, 1.165) is 0 Å². The molecule has 14 heavy (non-hydrogen) atoms. The first-order valence-corrected chi connectivity index (χ1v) is 4.58. The van der Waals surface area contributed by atoms with Gasteiger partial charge in [-0.1, -0.05) is 23.7 Å². The fourth-order valence-corrected chi connectivity index (χ4v) is 1.09. The zero-order chi connectivity index (χ0) is 10.4. The van der Waals surface area contributed by atoms with Crippen LogP contribution in [-0.4, -0.2) is 19.2 Å². The van der Waals surface area contributed by atoms with Crippen LogP contribution in [-0.2, 0) is 9.53 Å². The van der Waals surface area contributed by atoms with Crippen LogP contribution in [0.1, 0.15) is 6.92 Å². The molecular formula is C10H11ClO3. The molecule has 76 valence electrons. The Bertz CT molecular complexity index is 301. The van der Waals surface area contributed by atoms with Gasteiger partial charge in [-0.25, -0.2) is 0 Å². The van der Waals surface area contributed by atoms with Crippen molar-refractivity contribution in [2.75, 3.05) is 6.61 Å². The van der Waals surface area contributed by atoms with E-state index in [-0.39, 0.29) is 6.10 Å². The van der Waals surface area contributed by atoms with Gasteiger partial charge in [0, 0.05) is 0 Å². The smallest absolute Gasteiger partial charge is 0.293 e. The van der Waals surface area contributed by atoms with Gasteiger partial charge >= 0.3 is 0 Å². The maximum atomic E-state index is 9.99. The molecule has 0 aromatic heterocycles. The van der Waals surface area contributed by atoms with Crippen LogP contribution in [0.4, 0.5) is 0 Å². The van der Waals surface area contributed by atoms with Crippen molar-refractivity contribution in [3.05, 3.63) is 29.3 Å². The average molecular weight is 215 g/mol. The molecule has 1 aromatic carbocycles. The first kappa shape index (κ1) is 10.9. The van der Waals surface area contributed by atoms with Crippen molar-refractivity contribution in [3.63, 3.8) is 0 Å². The summed E-state index contributed by atoms with van der Waals surface area (Å²) in [6.07, 6.45) is -0.274. The van der Waals surface area contributed by atoms with Gasteiger partial charge in [-0.05, 0) is 19.1 Å². The fourth-order valence-electron chi connectivity index (χ4n) is 0.903. The van der Waals surface area contributed by atoms with E-state index in [1.807, 2.05) is 12.1 Å². The minimum atomic E-state index is -0.274. The summed E-state index contributed by atoms with van der Waals surface area (Å²) >= 11 is 5.85. The van der Waals surface area contributed by atoms with Crippen LogP contribution in [0.5, 0.6) is 5.75 Å². The molecule has 1 aromatic rings. The number of hydrogen-bond donors (Lipinski definition) is 0. The second kappa shape index (κ2) is 5.50. The highest BCUT2D eigenvalue weighted by molar-refractivity contribution is 6.32. The lowest BCUT2D eigenvalue weighted by Crippen LogP contribution is -2.17. The normalized spacial score (nSPS) is 11.9. The molecule has 1 rings (SSSR count). The minimum Gasteiger partial charge on any atom is -0.488 e. The van der Waals surface area contributed by atoms with E-state index in [2.05, 4.69) is 4.74 Å². The van der Waals surface area contributed by atoms with Crippen LogP contribution in [0.2, 0.25) is 5.02 Å². The summed E-state index contributed by atoms with van der Waals surface area (Å²) < 4.78 is 9.99. The Hall–Kier alpha value is -1.22. The first-order chi connectivity index (χ1) is 6.74. The van der Waals surface area contributed by atoms with Gasteiger partial charge in [0.2, 0.25) is 0 Å². The number of benzene rings is 1. The lowest BCUT2D eigenvalue weighted by atomic mass is 10.3. The van der Waals surface area contributed by atoms with E-state index in [4.69, 9.17) is 16.3 Å². The van der Waals surface area contributed by atoms with Crippen molar-refractivity contribution in [2.24, 2.45) is 0 Å². The first-order valence-electron chi connectivity index (χ1n) is 4.20. The summed E-state index contributed by atoms with van der Waals surface area (Å²) in [5.41, 5.74) is 0. The van der Waals surface area contributed by atoms with Gasteiger partial charge < -0.3 is 9.47 Å². The lowest BCUT2D eigenvalue weighted by molar-refractivity contribution is -0.134. The van der Waals surface area contributed by atoms with E-state index in [1.54, 1.807) is 19.1 Å². The molecule has 4 heteroatoms. The third kappa shape index (κ3) is 3.26. The number of para-hydroxylation sites is 1. The van der Waals surface area contributed by atoms with Crippen LogP contribution >= 0.6 is 11.6 Å². The Morgan fingerprint density at radius 3 is 2.86 bits per heavy atom. The Morgan fingerprint density at radius 2 is 2.21 bits per heavy atom. The molecule has 0 aliphatic heterocycles. The predicted molar refractivity (Wildman–Crippen MR) is 53.6 cm³/mol. The number of halogens is 1. The molecule has 0 N–H and O–H groups in total. The Kier molecular flexibility index (Phi) is 4.26. The average Bonchev–Trinajstić information content (AvgIpc) is 2.17. The molecule has 1 atom stereocenters. The summed E-state index contributed by atoms with van der Waals surface area (Å²) in [5.74, 6) is 0.593. The summed E-state index contributed by atoms with van der Waals surface area (Å²) in [7, 11) is 0. The van der Waals surface area contributed by atoms with E-state index in [1.165, 1.54) is 0 Å². The van der Waals surface area contributed by atoms with Crippen LogP contribution in [0.25, 0.3) is 0 Å². The summed E-state index contributed by atoms with van der Waals surface area (Å²) in [5, 5.41) is 0.547. The number of rotatable bonds is 5. The fraction of sp³-hybridized carbons (Fsp3) is 0.300. The molecular weight excluding hydrogens is 204 g/mol. The third-order valence-corrected chi connectivity index (χ3v) is 1.91. The SMILES string of the molecule is CC(COc1ccccc1Cl)OC=O. The monoisotopic (exact) mass is 214 g/mol. The Labute approximate surface area is 87.6 Å². The molecule has 0 aliphatic carbocycles. The van der Waals surface area contributed by atoms with Crippen LogP contribution in [0.3, 0.4) is 0 Å². The second-order valence-electron chi connectivity index (χ2n) is 2.78. The largest absolute Gasteiger partial charge is 0.488 e. The maximum absolute atomic E-state index is 9.99. The third-order valence-electron chi connectivity index (χ3n) is 1.60. The molecule has 0 amide bonds. The highest BCUT2D eigenvalue weighted by Crippen LogP contribution is 2.23. The molecule has 0 aliphatic rings. The highest BCUT2D eigenvalue weighted by atomic mass is 35.5. The van der Waals surface area contributed by atoms with Crippen molar-refractivity contribution >= 4 is 18.1 Å². The molecule has 0 saturated carbocycles. The van der Waals surface area contributed by atoms with E-state index >= 15 is 0 Å². The number of hydrogen-bond acceptors (Lipinski definition) is 3. The van der Waals surface area contributed by atoms with Gasteiger partial charge in [-0.15, -0.1) is 0 Å². The molecule has 0 bridgehead atoms. The van der Waals surface area contributed by atoms with E-state index in [0.29, 0.717) is 23.9 Å². The quantitative estimate of drug-likeness (QED) is 0.706. The summed E-state index contributed by atoms with van der Waals surface area (Å²) in [4.78, 5) is 9.99. The highest BCUT2D eigenvalue weighted by Gasteiger charge is 2.04. The molecule has 0 heterocycles. The number of carbonyl (C=O) groups excluding carboxylic acids is 1. The molecule has 0 radical (unpaired) electrons. The summed E-state index contributed by atoms with van der Waals surface area (Å²) in [6.45, 7) is 2.44. The van der Waals surface area contributed by atoms with Crippen LogP contribution in [0, 0.1) is 0 Å². The second-order valence-corrected chi connectivity index (χ2v) is 3.19. The number of ether oxygens (including phenoxy) is 2. The molecule has 3 nitrogen and oxygen atoms in total. The van der Waals surface area contributed by atoms with Crippen LogP contribution < -0.4 is 4.74 Å². The van der Waals surface area contributed by atoms with Crippen LogP contribution in [0.15, 0.2) is 24.3 Å². The molecule has 0 fully saturated rings. The van der Waals surface area contributed by atoms with Gasteiger partial charge in [0.15, 0.2) is 0 Å². The van der Waals surface area contributed by atoms with E-state index < -0.39 is 0 Å². The zero-order valence-corrected chi connectivity index (χ0v) is 8.53. The Morgan fingerprint density at radius 1 is 1.50 bits per heavy atom. The zero-order valence-electron chi connectivity index (χ0n) is 7.77. The molecule has 0 spiro atoms. The van der Waals surface area contributed by atoms with Gasteiger partial charge in [0.05, 0.1) is 5.02 Å². The molecule has 0 saturated heterocycles. The number of carbonyl (C=O) groups is 1. The Balaban J connectivity index is 2.45. The predicted octanol–water partition coefficient (Wildman–Crippen LogP) is 2.28. The topological polar surface area (TPSA) is 35.5 Å². The maximum Gasteiger partial charge on any atom is 0.293 e. The van der Waals surface area contributed by atoms with Gasteiger partial charge in [-0.2, -0.15) is 0 Å². The van der Waals surface area contributed by atoms with Crippen molar-refractivity contribution < 1.29 is 14.3 Å².